The van der Waals surface area contributed by atoms with Crippen molar-refractivity contribution in [2.45, 2.75) is 88.9 Å². The predicted molar refractivity (Wildman–Crippen MR) is 446 cm³/mol. The molecule has 0 spiro atoms. The Morgan fingerprint density at radius 3 is 1.41 bits per heavy atom. The molecule has 0 atom stereocenters. The van der Waals surface area contributed by atoms with Crippen LogP contribution < -0.4 is 32.3 Å². The van der Waals surface area contributed by atoms with E-state index in [9.17, 15) is 40.3 Å². The third-order valence-electron chi connectivity index (χ3n) is 17.0. The molecule has 35 nitrogen and oxygen atoms in total. The standard InChI is InChI=1S/C13H15N5.C13H14N4O.C13H14N4.C12H14N4O2.C12H16N4.C8H4ClN3O2.C8H5N3O3/c1-8(2)6-18-7-16-11-12(18)10-9(17-13(11)14)4-3-5-15-10;1-9(2)6-16-8-15-10-7-17(18)11-4-3-5-14-12(11)13(10)16;1-9(2)7-17-8-16-11-6-15-10-4-3-5-14-12(10)13(11)17;1-8(2)6-15-12-10(16(17)18)7-14-9-4-3-5-13-11(9)12;1-8(2)6-16-11-9(13)7-15-10-4-3-5-14-12(10)11;9-7-6(12(13)14)4-11-5-2-1-3-10-8(5)7;12-8-6(11(13)14)4-10-5-2-1-3-9-7(5)8/h3-5,7-8H,6H2,1-2H3,(H2,14,17);3-5,7-9H,6H2,1-2H3;3-6,8-9H,7H2,1-2H3;3-5,7-8H,6H2,1-2H3,(H,14,15);3-5,7-8H,6,13H2,1-2H3,(H,15,16);1-4H;1-4H,(H,10,12). The number of rotatable bonds is 15. The van der Waals surface area contributed by atoms with Crippen molar-refractivity contribution in [2.24, 2.45) is 29.6 Å². The van der Waals surface area contributed by atoms with Gasteiger partial charge < -0.3 is 46.0 Å². The van der Waals surface area contributed by atoms with E-state index in [0.717, 1.165) is 110 Å². The molecule has 115 heavy (non-hydrogen) atoms. The van der Waals surface area contributed by atoms with Gasteiger partial charge in [0.05, 0.1) is 102 Å². The lowest BCUT2D eigenvalue weighted by molar-refractivity contribution is -0.575. The van der Waals surface area contributed by atoms with Gasteiger partial charge in [-0.25, -0.2) is 34.9 Å². The van der Waals surface area contributed by atoms with Crippen molar-refractivity contribution in [2.75, 3.05) is 35.2 Å². The summed E-state index contributed by atoms with van der Waals surface area (Å²) >= 11 is 5.79. The van der Waals surface area contributed by atoms with Crippen LogP contribution in [0.15, 0.2) is 189 Å². The van der Waals surface area contributed by atoms with Crippen LogP contribution >= 0.6 is 11.6 Å². The molecule has 0 saturated heterocycles. The summed E-state index contributed by atoms with van der Waals surface area (Å²) in [5, 5.41) is 50.3. The Hall–Kier alpha value is -14.4. The van der Waals surface area contributed by atoms with Crippen LogP contribution in [0, 0.1) is 65.1 Å². The van der Waals surface area contributed by atoms with Gasteiger partial charge in [0.1, 0.15) is 78.3 Å². The van der Waals surface area contributed by atoms with Crippen molar-refractivity contribution >= 4 is 162 Å². The van der Waals surface area contributed by atoms with Gasteiger partial charge in [-0.15, -0.1) is 0 Å². The molecule has 0 fully saturated rings. The van der Waals surface area contributed by atoms with Gasteiger partial charge in [-0.2, -0.15) is 4.73 Å². The molecule has 0 amide bonds. The highest BCUT2D eigenvalue weighted by Gasteiger charge is 2.22. The van der Waals surface area contributed by atoms with Crippen LogP contribution in [-0.4, -0.2) is 121 Å². The summed E-state index contributed by atoms with van der Waals surface area (Å²) in [6.45, 7) is 25.7. The van der Waals surface area contributed by atoms with E-state index in [0.29, 0.717) is 97.5 Å². The number of fused-ring (bicyclic) bond motifs is 13. The fourth-order valence-electron chi connectivity index (χ4n) is 11.9. The molecule has 0 unspecified atom stereocenters. The number of pyridine rings is 14. The molecule has 0 aliphatic heterocycles. The summed E-state index contributed by atoms with van der Waals surface area (Å²) in [5.41, 5.74) is 26.9. The first-order valence-corrected chi connectivity index (χ1v) is 36.8. The number of nitrogens with two attached hydrogens (primary N) is 2. The number of nitrogen functional groups attached to an aromatic ring is 2. The largest absolute Gasteiger partial charge is 0.618 e. The van der Waals surface area contributed by atoms with Crippen molar-refractivity contribution < 1.29 is 19.5 Å². The summed E-state index contributed by atoms with van der Waals surface area (Å²) in [4.78, 5) is 108. The van der Waals surface area contributed by atoms with Crippen molar-refractivity contribution in [1.82, 2.24) is 93.4 Å². The first kappa shape index (κ1) is 81.6. The molecule has 588 valence electrons. The van der Waals surface area contributed by atoms with Crippen molar-refractivity contribution in [1.29, 1.82) is 0 Å². The Balaban J connectivity index is 0.000000132. The van der Waals surface area contributed by atoms with Crippen molar-refractivity contribution in [3.63, 3.8) is 0 Å². The SMILES string of the molecule is CC(C)CNc1c(N)cnc2cccnc12.CC(C)CNc1c([N+](=O)[O-])cnc2cccnc12.CC(C)Cn1cnc2c(N)nc3cccnc3c21.CC(C)Cn1cnc2c[n+]([O-])c3cccnc3c21.CC(C)Cn1cnc2cnc3cccnc3c21.O=[N+]([O-])c1cnc2cccnc2c1Cl.O=c1c([N+](=O)[O-])c[nH]c2cccnc12. The zero-order valence-electron chi connectivity index (χ0n) is 64.4. The number of nitro groups is 3. The molecule has 0 radical (unpaired) electrons. The molecule has 0 aliphatic rings. The summed E-state index contributed by atoms with van der Waals surface area (Å²) in [6, 6.07) is 25.2. The molecular weight excluding hydrogens is 1490 g/mol. The van der Waals surface area contributed by atoms with E-state index in [1.54, 1.807) is 92.0 Å². The summed E-state index contributed by atoms with van der Waals surface area (Å²) < 4.78 is 7.16. The maximum Gasteiger partial charge on any atom is 0.334 e. The maximum absolute atomic E-state index is 11.9. The Kier molecular flexibility index (Phi) is 26.3. The van der Waals surface area contributed by atoms with Gasteiger partial charge in [-0.1, -0.05) is 80.8 Å². The number of imidazole rings is 3. The first-order valence-electron chi connectivity index (χ1n) is 36.5. The molecular formula is C79H82ClN27O8. The van der Waals surface area contributed by atoms with E-state index in [2.05, 4.69) is 159 Å². The number of hydrogen-bond acceptors (Lipinski definition) is 27. The predicted octanol–water partition coefficient (Wildman–Crippen LogP) is 14.6. The average Bonchev–Trinajstić information content (AvgIpc) is 1.65. The first-order chi connectivity index (χ1) is 55.3. The van der Waals surface area contributed by atoms with E-state index >= 15 is 0 Å². The lowest BCUT2D eigenvalue weighted by Gasteiger charge is -2.12. The van der Waals surface area contributed by atoms with Crippen LogP contribution in [0.1, 0.15) is 69.2 Å². The molecule has 17 aromatic heterocycles. The number of nitrogens with zero attached hydrogens (tertiary/aromatic N) is 22. The zero-order valence-corrected chi connectivity index (χ0v) is 65.1. The molecule has 17 heterocycles. The number of aromatic nitrogens is 20. The number of halogens is 1. The topological polar surface area (TPSA) is 473 Å². The Morgan fingerprint density at radius 1 is 0.435 bits per heavy atom. The fourth-order valence-corrected chi connectivity index (χ4v) is 12.2. The van der Waals surface area contributed by atoms with Crippen molar-refractivity contribution in [3.8, 4) is 0 Å². The molecule has 0 saturated carbocycles. The molecule has 0 aromatic carbocycles. The molecule has 0 aliphatic carbocycles. The van der Waals surface area contributed by atoms with Crippen LogP contribution in [0.2, 0.25) is 5.02 Å². The average molecular weight is 1570 g/mol. The Bertz CT molecular complexity index is 6410. The zero-order chi connectivity index (χ0) is 82.1. The minimum Gasteiger partial charge on any atom is -0.618 e. The van der Waals surface area contributed by atoms with E-state index in [-0.39, 0.29) is 21.9 Å². The van der Waals surface area contributed by atoms with Crippen LogP contribution in [0.4, 0.5) is 39.9 Å². The van der Waals surface area contributed by atoms with Gasteiger partial charge in [-0.05, 0) is 108 Å². The molecule has 36 heteroatoms. The monoisotopic (exact) mass is 1570 g/mol. The number of aromatic amines is 1. The van der Waals surface area contributed by atoms with Gasteiger partial charge in [0.15, 0.2) is 16.9 Å². The third-order valence-corrected chi connectivity index (χ3v) is 17.3. The summed E-state index contributed by atoms with van der Waals surface area (Å²) in [7, 11) is 0. The second-order valence-electron chi connectivity index (χ2n) is 28.3. The molecule has 17 rings (SSSR count). The molecule has 0 bridgehead atoms. The minimum absolute atomic E-state index is 0.0283. The highest BCUT2D eigenvalue weighted by atomic mass is 35.5. The smallest absolute Gasteiger partial charge is 0.334 e. The highest BCUT2D eigenvalue weighted by molar-refractivity contribution is 6.36. The number of nitrogens with one attached hydrogen (secondary N) is 3. The second kappa shape index (κ2) is 37.1. The highest BCUT2D eigenvalue weighted by Crippen LogP contribution is 2.33. The van der Waals surface area contributed by atoms with Gasteiger partial charge >= 0.3 is 17.1 Å². The summed E-state index contributed by atoms with van der Waals surface area (Å²) in [5.74, 6) is 3.05. The van der Waals surface area contributed by atoms with Crippen LogP contribution in [-0.2, 0) is 19.6 Å². The van der Waals surface area contributed by atoms with Crippen LogP contribution in [0.3, 0.4) is 0 Å². The minimum atomic E-state index is -0.729. The maximum atomic E-state index is 11.9. The molecule has 17 aromatic rings. The summed E-state index contributed by atoms with van der Waals surface area (Å²) in [6.07, 6.45) is 25.5. The normalized spacial score (nSPS) is 11.1. The van der Waals surface area contributed by atoms with E-state index in [4.69, 9.17) is 23.1 Å². The van der Waals surface area contributed by atoms with Gasteiger partial charge in [0.25, 0.3) is 5.43 Å². The Labute approximate surface area is 660 Å². The van der Waals surface area contributed by atoms with E-state index in [1.165, 1.54) is 24.8 Å². The Morgan fingerprint density at radius 2 is 0.852 bits per heavy atom. The number of anilines is 4. The van der Waals surface area contributed by atoms with Gasteiger partial charge in [0.2, 0.25) is 11.7 Å². The number of H-pyrrole nitrogens is 1. The van der Waals surface area contributed by atoms with Gasteiger partial charge in [0, 0.05) is 82.2 Å². The van der Waals surface area contributed by atoms with Crippen LogP contribution in [0.5, 0.6) is 0 Å². The molecule has 7 N–H and O–H groups in total. The van der Waals surface area contributed by atoms with E-state index < -0.39 is 25.9 Å². The van der Waals surface area contributed by atoms with Crippen LogP contribution in [0.25, 0.3) is 110 Å². The van der Waals surface area contributed by atoms with Gasteiger partial charge in [-0.3, -0.25) is 75.0 Å². The van der Waals surface area contributed by atoms with E-state index in [1.807, 2.05) is 69.1 Å². The number of hydrogen-bond donors (Lipinski definition) is 5. The fraction of sp³-hybridized carbons (Fsp3) is 0.253. The lowest BCUT2D eigenvalue weighted by Crippen LogP contribution is -2.26. The third kappa shape index (κ3) is 19.5. The second-order valence-corrected chi connectivity index (χ2v) is 28.6. The van der Waals surface area contributed by atoms with Crippen molar-refractivity contribution in [3.05, 3.63) is 235 Å². The quantitative estimate of drug-likeness (QED) is 0.0275. The lowest BCUT2D eigenvalue weighted by atomic mass is 10.2.